The van der Waals surface area contributed by atoms with Gasteiger partial charge in [0.1, 0.15) is 11.3 Å². The van der Waals surface area contributed by atoms with Crippen molar-refractivity contribution in [2.75, 3.05) is 13.8 Å². The SMILES string of the molecule is CC1=C(c2cc(C(O)(c3ccccn3)c3ccccn3)c3[nH]c(=O)[nH]c3c2F)N(C)CO1. The largest absolute Gasteiger partial charge is 0.476 e. The number of rotatable bonds is 4. The van der Waals surface area contributed by atoms with Gasteiger partial charge in [0.15, 0.2) is 18.1 Å². The van der Waals surface area contributed by atoms with Crippen LogP contribution in [0.1, 0.15) is 29.4 Å². The number of benzene rings is 1. The van der Waals surface area contributed by atoms with Gasteiger partial charge in [0.05, 0.1) is 22.6 Å². The van der Waals surface area contributed by atoms with Crippen LogP contribution in [0.3, 0.4) is 0 Å². The molecule has 0 saturated heterocycles. The van der Waals surface area contributed by atoms with Crippen LogP contribution < -0.4 is 5.69 Å². The van der Waals surface area contributed by atoms with E-state index in [1.54, 1.807) is 67.7 Å². The summed E-state index contributed by atoms with van der Waals surface area (Å²) in [5, 5.41) is 12.2. The first-order valence-electron chi connectivity index (χ1n) is 9.96. The fraction of sp³-hybridized carbons (Fsp3) is 0.174. The van der Waals surface area contributed by atoms with Gasteiger partial charge in [-0.2, -0.15) is 0 Å². The van der Waals surface area contributed by atoms with Crippen LogP contribution in [0.4, 0.5) is 4.39 Å². The number of aromatic nitrogens is 4. The molecule has 1 aliphatic heterocycles. The Morgan fingerprint density at radius 3 is 2.25 bits per heavy atom. The van der Waals surface area contributed by atoms with E-state index in [1.807, 2.05) is 0 Å². The number of allylic oxidation sites excluding steroid dienone is 1. The zero-order valence-electron chi connectivity index (χ0n) is 17.4. The minimum Gasteiger partial charge on any atom is -0.476 e. The van der Waals surface area contributed by atoms with Gasteiger partial charge in [0.25, 0.3) is 0 Å². The third-order valence-corrected chi connectivity index (χ3v) is 5.65. The minimum atomic E-state index is -1.87. The second-order valence-electron chi connectivity index (χ2n) is 7.63. The Hall–Kier alpha value is -3.98. The maximum absolute atomic E-state index is 15.6. The Kier molecular flexibility index (Phi) is 4.56. The Balaban J connectivity index is 1.91. The zero-order chi connectivity index (χ0) is 22.5. The second-order valence-corrected chi connectivity index (χ2v) is 7.63. The lowest BCUT2D eigenvalue weighted by Gasteiger charge is -2.29. The van der Waals surface area contributed by atoms with E-state index in [2.05, 4.69) is 19.9 Å². The third-order valence-electron chi connectivity index (χ3n) is 5.65. The minimum absolute atomic E-state index is 0.0478. The van der Waals surface area contributed by atoms with Crippen LogP contribution in [-0.2, 0) is 10.3 Å². The smallest absolute Gasteiger partial charge is 0.323 e. The molecule has 8 nitrogen and oxygen atoms in total. The molecule has 32 heavy (non-hydrogen) atoms. The first-order chi connectivity index (χ1) is 15.4. The number of pyridine rings is 2. The summed E-state index contributed by atoms with van der Waals surface area (Å²) in [6, 6.07) is 11.8. The van der Waals surface area contributed by atoms with E-state index in [-0.39, 0.29) is 40.3 Å². The number of H-pyrrole nitrogens is 2. The highest BCUT2D eigenvalue weighted by atomic mass is 19.1. The molecule has 0 aliphatic carbocycles. The second kappa shape index (κ2) is 7.31. The van der Waals surface area contributed by atoms with Crippen molar-refractivity contribution in [3.8, 4) is 0 Å². The molecule has 0 atom stereocenters. The topological polar surface area (TPSA) is 107 Å². The molecule has 4 aromatic rings. The summed E-state index contributed by atoms with van der Waals surface area (Å²) in [5.74, 6) is -0.0908. The molecule has 1 aromatic carbocycles. The number of nitrogens with zero attached hydrogens (tertiary/aromatic N) is 3. The van der Waals surface area contributed by atoms with Crippen LogP contribution in [0.2, 0.25) is 0 Å². The summed E-state index contributed by atoms with van der Waals surface area (Å²) >= 11 is 0. The molecule has 162 valence electrons. The molecule has 3 N–H and O–H groups in total. The van der Waals surface area contributed by atoms with Crippen molar-refractivity contribution in [2.24, 2.45) is 0 Å². The quantitative estimate of drug-likeness (QED) is 0.457. The number of nitrogens with one attached hydrogen (secondary N) is 2. The molecule has 1 aliphatic rings. The van der Waals surface area contributed by atoms with Crippen molar-refractivity contribution in [1.29, 1.82) is 0 Å². The average molecular weight is 433 g/mol. The molecule has 0 bridgehead atoms. The highest BCUT2D eigenvalue weighted by molar-refractivity contribution is 5.86. The zero-order valence-corrected chi connectivity index (χ0v) is 17.4. The Morgan fingerprint density at radius 1 is 1.09 bits per heavy atom. The molecule has 5 rings (SSSR count). The Bertz CT molecular complexity index is 1360. The molecule has 9 heteroatoms. The molecule has 4 heterocycles. The average Bonchev–Trinajstić information content (AvgIpc) is 3.37. The van der Waals surface area contributed by atoms with E-state index < -0.39 is 17.1 Å². The number of fused-ring (bicyclic) bond motifs is 1. The van der Waals surface area contributed by atoms with Crippen molar-refractivity contribution >= 4 is 16.7 Å². The van der Waals surface area contributed by atoms with Gasteiger partial charge in [-0.3, -0.25) is 9.97 Å². The summed E-state index contributed by atoms with van der Waals surface area (Å²) in [6.07, 6.45) is 3.10. The van der Waals surface area contributed by atoms with Crippen LogP contribution in [0, 0.1) is 5.82 Å². The van der Waals surface area contributed by atoms with E-state index in [4.69, 9.17) is 4.74 Å². The van der Waals surface area contributed by atoms with Crippen molar-refractivity contribution in [3.63, 3.8) is 0 Å². The van der Waals surface area contributed by atoms with E-state index >= 15 is 4.39 Å². The number of hydrogen-bond donors (Lipinski definition) is 3. The lowest BCUT2D eigenvalue weighted by atomic mass is 9.84. The van der Waals surface area contributed by atoms with Crippen LogP contribution in [-0.4, -0.2) is 43.7 Å². The monoisotopic (exact) mass is 433 g/mol. The number of imidazole rings is 1. The van der Waals surface area contributed by atoms with Gasteiger partial charge < -0.3 is 24.7 Å². The molecule has 0 fully saturated rings. The number of hydrogen-bond acceptors (Lipinski definition) is 6. The first-order valence-corrected chi connectivity index (χ1v) is 9.96. The van der Waals surface area contributed by atoms with Gasteiger partial charge in [-0.25, -0.2) is 9.18 Å². The van der Waals surface area contributed by atoms with Gasteiger partial charge in [-0.15, -0.1) is 0 Å². The van der Waals surface area contributed by atoms with Gasteiger partial charge in [-0.05, 0) is 37.3 Å². The highest BCUT2D eigenvalue weighted by Gasteiger charge is 2.40. The molecular weight excluding hydrogens is 413 g/mol. The molecule has 0 unspecified atom stereocenters. The van der Waals surface area contributed by atoms with E-state index in [9.17, 15) is 9.90 Å². The van der Waals surface area contributed by atoms with E-state index in [0.29, 0.717) is 11.5 Å². The molecule has 0 amide bonds. The van der Waals surface area contributed by atoms with E-state index in [1.165, 1.54) is 6.07 Å². The lowest BCUT2D eigenvalue weighted by Crippen LogP contribution is -2.32. The fourth-order valence-electron chi connectivity index (χ4n) is 4.17. The standard InChI is InChI=1S/C23H20FN5O3/c1-13-21(29(2)12-32-13)14-11-15(19-20(18(14)24)28-22(30)27-19)23(31,16-7-3-5-9-25-16)17-8-4-6-10-26-17/h3-11,31H,12H2,1-2H3,(H2,27,28,30). The maximum Gasteiger partial charge on any atom is 0.323 e. The van der Waals surface area contributed by atoms with Crippen molar-refractivity contribution in [1.82, 2.24) is 24.8 Å². The van der Waals surface area contributed by atoms with Gasteiger partial charge in [-0.1, -0.05) is 12.1 Å². The summed E-state index contributed by atoms with van der Waals surface area (Å²) < 4.78 is 21.2. The summed E-state index contributed by atoms with van der Waals surface area (Å²) in [6.45, 7) is 2.01. The molecule has 0 spiro atoms. The van der Waals surface area contributed by atoms with E-state index in [0.717, 1.165) is 0 Å². The van der Waals surface area contributed by atoms with Crippen LogP contribution in [0.15, 0.2) is 65.4 Å². The fourth-order valence-corrected chi connectivity index (χ4v) is 4.17. The number of ether oxygens (including phenoxy) is 1. The van der Waals surface area contributed by atoms with Crippen LogP contribution >= 0.6 is 0 Å². The summed E-state index contributed by atoms with van der Waals surface area (Å²) in [4.78, 5) is 27.8. The molecule has 0 saturated carbocycles. The summed E-state index contributed by atoms with van der Waals surface area (Å²) in [5.41, 5.74) is -0.877. The van der Waals surface area contributed by atoms with Gasteiger partial charge in [0, 0.05) is 30.6 Å². The van der Waals surface area contributed by atoms with Gasteiger partial charge in [0.2, 0.25) is 0 Å². The molecule has 3 aromatic heterocycles. The first kappa shape index (κ1) is 20.0. The number of aromatic amines is 2. The highest BCUT2D eigenvalue weighted by Crippen LogP contribution is 2.41. The predicted molar refractivity (Wildman–Crippen MR) is 116 cm³/mol. The Morgan fingerprint density at radius 2 is 1.72 bits per heavy atom. The number of halogens is 1. The molecular formula is C23H20FN5O3. The van der Waals surface area contributed by atoms with Crippen LogP contribution in [0.25, 0.3) is 16.7 Å². The third kappa shape index (κ3) is 2.89. The van der Waals surface area contributed by atoms with Gasteiger partial charge >= 0.3 is 5.69 Å². The normalized spacial score (nSPS) is 14.3. The summed E-state index contributed by atoms with van der Waals surface area (Å²) in [7, 11) is 1.78. The molecule has 0 radical (unpaired) electrons. The maximum atomic E-state index is 15.6. The lowest BCUT2D eigenvalue weighted by molar-refractivity contribution is 0.117. The van der Waals surface area contributed by atoms with Crippen molar-refractivity contribution in [3.05, 3.63) is 99.4 Å². The van der Waals surface area contributed by atoms with Crippen molar-refractivity contribution in [2.45, 2.75) is 12.5 Å². The van der Waals surface area contributed by atoms with Crippen molar-refractivity contribution < 1.29 is 14.2 Å². The predicted octanol–water partition coefficient (Wildman–Crippen LogP) is 2.68. The Labute approximate surface area is 182 Å². The van der Waals surface area contributed by atoms with Crippen LogP contribution in [0.5, 0.6) is 0 Å². The number of aliphatic hydroxyl groups is 1.